The Bertz CT molecular complexity index is 589. The first-order valence-corrected chi connectivity index (χ1v) is 6.63. The molecule has 2 rings (SSSR count). The number of nitrogens with zero attached hydrogens (tertiary/aromatic N) is 2. The zero-order valence-corrected chi connectivity index (χ0v) is 12.1. The fourth-order valence-corrected chi connectivity index (χ4v) is 2.06. The fraction of sp³-hybridized carbons (Fsp3) is 0.375. The molecule has 3 heteroatoms. The summed E-state index contributed by atoms with van der Waals surface area (Å²) in [6.07, 6.45) is 0.708. The monoisotopic (exact) mass is 255 g/mol. The van der Waals surface area contributed by atoms with Crippen molar-refractivity contribution < 1.29 is 0 Å². The van der Waals surface area contributed by atoms with E-state index < -0.39 is 0 Å². The van der Waals surface area contributed by atoms with Crippen molar-refractivity contribution in [3.8, 4) is 11.3 Å². The Kier molecular flexibility index (Phi) is 3.96. The Labute approximate surface area is 114 Å². The lowest BCUT2D eigenvalue weighted by molar-refractivity contribution is 0.700. The summed E-state index contributed by atoms with van der Waals surface area (Å²) >= 11 is 0. The van der Waals surface area contributed by atoms with E-state index in [4.69, 9.17) is 5.73 Å². The molecule has 1 aromatic heterocycles. The molecule has 0 radical (unpaired) electrons. The normalized spacial score (nSPS) is 12.5. The highest BCUT2D eigenvalue weighted by molar-refractivity contribution is 5.61. The average molecular weight is 255 g/mol. The van der Waals surface area contributed by atoms with E-state index in [9.17, 15) is 0 Å². The van der Waals surface area contributed by atoms with E-state index in [1.165, 1.54) is 11.1 Å². The highest BCUT2D eigenvalue weighted by atomic mass is 14.9. The third kappa shape index (κ3) is 3.38. The van der Waals surface area contributed by atoms with Crippen LogP contribution in [0.3, 0.4) is 0 Å². The zero-order chi connectivity index (χ0) is 14.0. The van der Waals surface area contributed by atoms with Crippen LogP contribution in [0.15, 0.2) is 24.3 Å². The van der Waals surface area contributed by atoms with Gasteiger partial charge in [0.2, 0.25) is 0 Å². The Morgan fingerprint density at radius 2 is 1.79 bits per heavy atom. The van der Waals surface area contributed by atoms with E-state index in [0.29, 0.717) is 6.42 Å². The van der Waals surface area contributed by atoms with Gasteiger partial charge >= 0.3 is 0 Å². The topological polar surface area (TPSA) is 51.8 Å². The lowest BCUT2D eigenvalue weighted by atomic mass is 10.0. The molecule has 1 unspecified atom stereocenters. The summed E-state index contributed by atoms with van der Waals surface area (Å²) in [5.41, 5.74) is 11.5. The molecular formula is C16H21N3. The van der Waals surface area contributed by atoms with Crippen LogP contribution >= 0.6 is 0 Å². The molecule has 0 aliphatic rings. The van der Waals surface area contributed by atoms with Gasteiger partial charge in [0, 0.05) is 23.7 Å². The Hall–Kier alpha value is -1.74. The maximum absolute atomic E-state index is 5.83. The van der Waals surface area contributed by atoms with Crippen LogP contribution in [0.5, 0.6) is 0 Å². The Morgan fingerprint density at radius 1 is 1.05 bits per heavy atom. The second-order valence-electron chi connectivity index (χ2n) is 5.29. The smallest absolute Gasteiger partial charge is 0.130 e. The first-order valence-electron chi connectivity index (χ1n) is 6.63. The molecule has 0 amide bonds. The molecule has 19 heavy (non-hydrogen) atoms. The maximum Gasteiger partial charge on any atom is 0.130 e. The number of aryl methyl sites for hydroxylation is 3. The third-order valence-corrected chi connectivity index (χ3v) is 3.21. The molecule has 1 aromatic carbocycles. The van der Waals surface area contributed by atoms with Gasteiger partial charge < -0.3 is 5.73 Å². The zero-order valence-electron chi connectivity index (χ0n) is 12.1. The molecule has 0 saturated carbocycles. The maximum atomic E-state index is 5.83. The van der Waals surface area contributed by atoms with Crippen LogP contribution in [0.2, 0.25) is 0 Å². The predicted octanol–water partition coefficient (Wildman–Crippen LogP) is 2.96. The van der Waals surface area contributed by atoms with E-state index in [2.05, 4.69) is 42.0 Å². The van der Waals surface area contributed by atoms with Crippen LogP contribution in [-0.2, 0) is 6.42 Å². The molecule has 0 fully saturated rings. The van der Waals surface area contributed by atoms with Gasteiger partial charge in [0.15, 0.2) is 0 Å². The summed E-state index contributed by atoms with van der Waals surface area (Å²) in [7, 11) is 0. The molecular weight excluding hydrogens is 234 g/mol. The van der Waals surface area contributed by atoms with Crippen molar-refractivity contribution in [2.45, 2.75) is 40.2 Å². The molecule has 0 bridgehead atoms. The van der Waals surface area contributed by atoms with Crippen LogP contribution in [0.25, 0.3) is 11.3 Å². The highest BCUT2D eigenvalue weighted by Crippen LogP contribution is 2.21. The van der Waals surface area contributed by atoms with Gasteiger partial charge in [0.05, 0.1) is 5.69 Å². The second-order valence-corrected chi connectivity index (χ2v) is 5.29. The lowest BCUT2D eigenvalue weighted by Crippen LogP contribution is -2.19. The van der Waals surface area contributed by atoms with Crippen molar-refractivity contribution in [1.82, 2.24) is 9.97 Å². The van der Waals surface area contributed by atoms with E-state index in [1.54, 1.807) is 0 Å². The summed E-state index contributed by atoms with van der Waals surface area (Å²) in [6.45, 7) is 8.21. The summed E-state index contributed by atoms with van der Waals surface area (Å²) in [5, 5.41) is 0. The van der Waals surface area contributed by atoms with Gasteiger partial charge in [0.25, 0.3) is 0 Å². The van der Waals surface area contributed by atoms with Crippen molar-refractivity contribution in [3.63, 3.8) is 0 Å². The van der Waals surface area contributed by atoms with Crippen molar-refractivity contribution in [2.75, 3.05) is 0 Å². The minimum absolute atomic E-state index is 0.0782. The van der Waals surface area contributed by atoms with Gasteiger partial charge in [-0.1, -0.05) is 12.1 Å². The second kappa shape index (κ2) is 5.49. The summed E-state index contributed by atoms with van der Waals surface area (Å²) in [6, 6.07) is 8.52. The quantitative estimate of drug-likeness (QED) is 0.917. The van der Waals surface area contributed by atoms with Crippen LogP contribution in [0.4, 0.5) is 0 Å². The van der Waals surface area contributed by atoms with Gasteiger partial charge in [-0.05, 0) is 51.0 Å². The highest BCUT2D eigenvalue weighted by Gasteiger charge is 2.07. The average Bonchev–Trinajstić information content (AvgIpc) is 2.31. The molecule has 0 spiro atoms. The minimum atomic E-state index is 0.0782. The van der Waals surface area contributed by atoms with Gasteiger partial charge in [-0.15, -0.1) is 0 Å². The van der Waals surface area contributed by atoms with Crippen molar-refractivity contribution in [1.29, 1.82) is 0 Å². The van der Waals surface area contributed by atoms with Crippen molar-refractivity contribution in [2.24, 2.45) is 5.73 Å². The van der Waals surface area contributed by atoms with Crippen molar-refractivity contribution >= 4 is 0 Å². The van der Waals surface area contributed by atoms with E-state index in [0.717, 1.165) is 22.8 Å². The SMILES string of the molecule is Cc1cc(-c2ccc(C)c(C)c2)nc(CC(C)N)n1. The predicted molar refractivity (Wildman–Crippen MR) is 79.0 cm³/mol. The molecule has 0 aliphatic carbocycles. The first kappa shape index (κ1) is 13.7. The summed E-state index contributed by atoms with van der Waals surface area (Å²) < 4.78 is 0. The van der Waals surface area contributed by atoms with Gasteiger partial charge in [-0.2, -0.15) is 0 Å². The van der Waals surface area contributed by atoms with Gasteiger partial charge in [0.1, 0.15) is 5.82 Å². The summed E-state index contributed by atoms with van der Waals surface area (Å²) in [5.74, 6) is 0.822. The number of benzene rings is 1. The van der Waals surface area contributed by atoms with Crippen molar-refractivity contribution in [3.05, 3.63) is 46.9 Å². The lowest BCUT2D eigenvalue weighted by Gasteiger charge is -2.09. The minimum Gasteiger partial charge on any atom is -0.328 e. The molecule has 2 N–H and O–H groups in total. The van der Waals surface area contributed by atoms with E-state index in [1.807, 2.05) is 19.9 Å². The number of rotatable bonds is 3. The molecule has 1 atom stereocenters. The molecule has 100 valence electrons. The number of nitrogens with two attached hydrogens (primary N) is 1. The number of hydrogen-bond donors (Lipinski definition) is 1. The van der Waals surface area contributed by atoms with Crippen LogP contribution in [0, 0.1) is 20.8 Å². The largest absolute Gasteiger partial charge is 0.328 e. The van der Waals surface area contributed by atoms with E-state index in [-0.39, 0.29) is 6.04 Å². The van der Waals surface area contributed by atoms with Crippen LogP contribution < -0.4 is 5.73 Å². The van der Waals surface area contributed by atoms with Gasteiger partial charge in [-0.25, -0.2) is 9.97 Å². The number of aromatic nitrogens is 2. The molecule has 3 nitrogen and oxygen atoms in total. The fourth-order valence-electron chi connectivity index (χ4n) is 2.06. The van der Waals surface area contributed by atoms with E-state index >= 15 is 0 Å². The third-order valence-electron chi connectivity index (χ3n) is 3.21. The number of hydrogen-bond acceptors (Lipinski definition) is 3. The summed E-state index contributed by atoms with van der Waals surface area (Å²) in [4.78, 5) is 9.07. The molecule has 2 aromatic rings. The van der Waals surface area contributed by atoms with Crippen LogP contribution in [-0.4, -0.2) is 16.0 Å². The standard InChI is InChI=1S/C16H21N3/c1-10-5-6-14(7-11(10)2)15-9-13(4)18-16(19-15)8-12(3)17/h5-7,9,12H,8,17H2,1-4H3. The molecule has 0 saturated heterocycles. The van der Waals surface area contributed by atoms with Gasteiger partial charge in [-0.3, -0.25) is 0 Å². The molecule has 0 aliphatic heterocycles. The van der Waals surface area contributed by atoms with Crippen LogP contribution in [0.1, 0.15) is 29.6 Å². The molecule has 1 heterocycles. The first-order chi connectivity index (χ1) is 8.95. The Balaban J connectivity index is 2.43. The Morgan fingerprint density at radius 3 is 2.42 bits per heavy atom.